The Morgan fingerprint density at radius 1 is 1.50 bits per heavy atom. The standard InChI is InChI=1S/C11H22N2O/c1-9(2)10(12)13-7-5-6-11(3,8-13)14-4/h9,12H,5-8H2,1-4H3. The van der Waals surface area contributed by atoms with E-state index in [1.165, 1.54) is 0 Å². The van der Waals surface area contributed by atoms with Gasteiger partial charge >= 0.3 is 0 Å². The molecule has 0 aromatic rings. The lowest BCUT2D eigenvalue weighted by Gasteiger charge is -2.41. The smallest absolute Gasteiger partial charge is 0.0984 e. The van der Waals surface area contributed by atoms with E-state index in [1.807, 2.05) is 0 Å². The van der Waals surface area contributed by atoms with Crippen molar-refractivity contribution >= 4 is 5.84 Å². The van der Waals surface area contributed by atoms with Crippen molar-refractivity contribution in [1.82, 2.24) is 4.90 Å². The molecule has 0 aliphatic carbocycles. The molecule has 14 heavy (non-hydrogen) atoms. The number of rotatable bonds is 2. The van der Waals surface area contributed by atoms with Crippen LogP contribution in [0.1, 0.15) is 33.6 Å². The van der Waals surface area contributed by atoms with Gasteiger partial charge in [0.25, 0.3) is 0 Å². The predicted octanol–water partition coefficient (Wildman–Crippen LogP) is 2.12. The van der Waals surface area contributed by atoms with E-state index in [2.05, 4.69) is 25.7 Å². The van der Waals surface area contributed by atoms with Gasteiger partial charge in [0.15, 0.2) is 0 Å². The van der Waals surface area contributed by atoms with Gasteiger partial charge in [-0.25, -0.2) is 0 Å². The Bertz CT molecular complexity index is 215. The van der Waals surface area contributed by atoms with Crippen LogP contribution in [0.5, 0.6) is 0 Å². The van der Waals surface area contributed by atoms with Crippen molar-refractivity contribution in [3.05, 3.63) is 0 Å². The number of hydrogen-bond donors (Lipinski definition) is 1. The molecule has 1 unspecified atom stereocenters. The second kappa shape index (κ2) is 4.30. The van der Waals surface area contributed by atoms with Crippen LogP contribution in [0.4, 0.5) is 0 Å². The van der Waals surface area contributed by atoms with Crippen LogP contribution in [0.25, 0.3) is 0 Å². The molecule has 0 aromatic carbocycles. The van der Waals surface area contributed by atoms with Gasteiger partial charge in [-0.2, -0.15) is 0 Å². The first-order valence-electron chi connectivity index (χ1n) is 5.37. The van der Waals surface area contributed by atoms with E-state index in [1.54, 1.807) is 7.11 Å². The molecule has 0 saturated carbocycles. The van der Waals surface area contributed by atoms with Gasteiger partial charge in [0.05, 0.1) is 11.4 Å². The monoisotopic (exact) mass is 198 g/mol. The van der Waals surface area contributed by atoms with Gasteiger partial charge in [-0.1, -0.05) is 13.8 Å². The van der Waals surface area contributed by atoms with Gasteiger partial charge in [0.2, 0.25) is 0 Å². The first-order chi connectivity index (χ1) is 6.48. The number of likely N-dealkylation sites (tertiary alicyclic amines) is 1. The summed E-state index contributed by atoms with van der Waals surface area (Å²) in [6.07, 6.45) is 2.23. The van der Waals surface area contributed by atoms with Gasteiger partial charge in [0.1, 0.15) is 0 Å². The van der Waals surface area contributed by atoms with Crippen molar-refractivity contribution in [3.8, 4) is 0 Å². The molecule has 82 valence electrons. The summed E-state index contributed by atoms with van der Waals surface area (Å²) in [7, 11) is 1.77. The molecule has 0 amide bonds. The van der Waals surface area contributed by atoms with Crippen LogP contribution in [0, 0.1) is 11.3 Å². The minimum absolute atomic E-state index is 0.0561. The molecule has 1 N–H and O–H groups in total. The minimum atomic E-state index is -0.0561. The maximum Gasteiger partial charge on any atom is 0.0984 e. The largest absolute Gasteiger partial charge is 0.377 e. The first kappa shape index (κ1) is 11.5. The molecule has 1 saturated heterocycles. The van der Waals surface area contributed by atoms with Crippen molar-refractivity contribution in [2.24, 2.45) is 5.92 Å². The number of methoxy groups -OCH3 is 1. The Morgan fingerprint density at radius 2 is 2.14 bits per heavy atom. The summed E-state index contributed by atoms with van der Waals surface area (Å²) < 4.78 is 5.50. The Balaban J connectivity index is 2.60. The topological polar surface area (TPSA) is 36.3 Å². The van der Waals surface area contributed by atoms with E-state index < -0.39 is 0 Å². The molecule has 3 nitrogen and oxygen atoms in total. The Morgan fingerprint density at radius 3 is 2.64 bits per heavy atom. The highest BCUT2D eigenvalue weighted by atomic mass is 16.5. The van der Waals surface area contributed by atoms with Gasteiger partial charge in [0, 0.05) is 26.1 Å². The highest BCUT2D eigenvalue weighted by Gasteiger charge is 2.32. The van der Waals surface area contributed by atoms with E-state index >= 15 is 0 Å². The van der Waals surface area contributed by atoms with Crippen LogP contribution in [-0.4, -0.2) is 36.5 Å². The third kappa shape index (κ3) is 2.47. The normalized spacial score (nSPS) is 28.2. The van der Waals surface area contributed by atoms with Gasteiger partial charge in [-0.3, -0.25) is 5.41 Å². The highest BCUT2D eigenvalue weighted by molar-refractivity contribution is 5.81. The van der Waals surface area contributed by atoms with Crippen LogP contribution < -0.4 is 0 Å². The Kier molecular flexibility index (Phi) is 3.53. The van der Waals surface area contributed by atoms with Crippen molar-refractivity contribution in [2.75, 3.05) is 20.2 Å². The summed E-state index contributed by atoms with van der Waals surface area (Å²) in [5.74, 6) is 1.06. The quantitative estimate of drug-likeness (QED) is 0.545. The van der Waals surface area contributed by atoms with Crippen LogP contribution in [0.3, 0.4) is 0 Å². The molecule has 0 radical (unpaired) electrons. The van der Waals surface area contributed by atoms with Crippen LogP contribution in [-0.2, 0) is 4.74 Å². The fourth-order valence-electron chi connectivity index (χ4n) is 1.94. The third-order valence-corrected chi connectivity index (χ3v) is 3.04. The number of ether oxygens (including phenoxy) is 1. The Labute approximate surface area is 86.9 Å². The van der Waals surface area contributed by atoms with Crippen molar-refractivity contribution in [2.45, 2.75) is 39.2 Å². The fourth-order valence-corrected chi connectivity index (χ4v) is 1.94. The zero-order chi connectivity index (χ0) is 10.8. The summed E-state index contributed by atoms with van der Waals surface area (Å²) in [4.78, 5) is 2.15. The lowest BCUT2D eigenvalue weighted by Crippen LogP contribution is -2.50. The maximum absolute atomic E-state index is 7.96. The molecule has 0 spiro atoms. The van der Waals surface area contributed by atoms with Crippen molar-refractivity contribution in [3.63, 3.8) is 0 Å². The maximum atomic E-state index is 7.96. The lowest BCUT2D eigenvalue weighted by molar-refractivity contribution is -0.0358. The number of nitrogens with one attached hydrogen (secondary N) is 1. The molecule has 1 fully saturated rings. The van der Waals surface area contributed by atoms with E-state index in [0.717, 1.165) is 31.8 Å². The van der Waals surface area contributed by atoms with Gasteiger partial charge in [-0.05, 0) is 19.8 Å². The average molecular weight is 198 g/mol. The summed E-state index contributed by atoms with van der Waals surface area (Å²) in [5, 5.41) is 7.96. The molecule has 1 atom stereocenters. The van der Waals surface area contributed by atoms with E-state index in [4.69, 9.17) is 10.1 Å². The molecule has 0 aromatic heterocycles. The average Bonchev–Trinajstić information content (AvgIpc) is 2.16. The highest BCUT2D eigenvalue weighted by Crippen LogP contribution is 2.24. The number of piperidine rings is 1. The molecule has 1 aliphatic heterocycles. The Hall–Kier alpha value is -0.570. The zero-order valence-corrected chi connectivity index (χ0v) is 9.76. The van der Waals surface area contributed by atoms with E-state index in [0.29, 0.717) is 5.92 Å². The van der Waals surface area contributed by atoms with Crippen molar-refractivity contribution in [1.29, 1.82) is 5.41 Å². The predicted molar refractivity (Wildman–Crippen MR) is 58.8 cm³/mol. The number of hydrogen-bond acceptors (Lipinski definition) is 2. The SMILES string of the molecule is COC1(C)CCCN(C(=N)C(C)C)C1. The molecular formula is C11H22N2O. The molecule has 1 rings (SSSR count). The minimum Gasteiger partial charge on any atom is -0.377 e. The molecule has 1 aliphatic rings. The second-order valence-corrected chi connectivity index (χ2v) is 4.72. The van der Waals surface area contributed by atoms with E-state index in [-0.39, 0.29) is 5.60 Å². The van der Waals surface area contributed by atoms with Gasteiger partial charge in [-0.15, -0.1) is 0 Å². The van der Waals surface area contributed by atoms with Gasteiger partial charge < -0.3 is 9.64 Å². The summed E-state index contributed by atoms with van der Waals surface area (Å²) in [6, 6.07) is 0. The number of amidine groups is 1. The summed E-state index contributed by atoms with van der Waals surface area (Å²) in [6.45, 7) is 8.14. The van der Waals surface area contributed by atoms with Crippen LogP contribution in [0.2, 0.25) is 0 Å². The molecule has 3 heteroatoms. The zero-order valence-electron chi connectivity index (χ0n) is 9.76. The van der Waals surface area contributed by atoms with Crippen LogP contribution in [0.15, 0.2) is 0 Å². The lowest BCUT2D eigenvalue weighted by atomic mass is 9.94. The first-order valence-corrected chi connectivity index (χ1v) is 5.37. The number of nitrogens with zero attached hydrogens (tertiary/aromatic N) is 1. The van der Waals surface area contributed by atoms with Crippen LogP contribution >= 0.6 is 0 Å². The summed E-state index contributed by atoms with van der Waals surface area (Å²) in [5.41, 5.74) is -0.0561. The van der Waals surface area contributed by atoms with Crippen molar-refractivity contribution < 1.29 is 4.74 Å². The second-order valence-electron chi connectivity index (χ2n) is 4.72. The molecule has 0 bridgehead atoms. The molecular weight excluding hydrogens is 176 g/mol. The van der Waals surface area contributed by atoms with E-state index in [9.17, 15) is 0 Å². The fraction of sp³-hybridized carbons (Fsp3) is 0.909. The summed E-state index contributed by atoms with van der Waals surface area (Å²) >= 11 is 0. The third-order valence-electron chi connectivity index (χ3n) is 3.04. The molecule has 1 heterocycles.